The van der Waals surface area contributed by atoms with Gasteiger partial charge in [-0.3, -0.25) is 4.79 Å². The van der Waals surface area contributed by atoms with Gasteiger partial charge < -0.3 is 10.6 Å². The number of tetrazole rings is 1. The lowest BCUT2D eigenvalue weighted by Gasteiger charge is -2.17. The predicted octanol–water partition coefficient (Wildman–Crippen LogP) is 0.736. The highest BCUT2D eigenvalue weighted by molar-refractivity contribution is 6.34. The number of nitrogens with two attached hydrogens (primary N) is 1. The van der Waals surface area contributed by atoms with Crippen molar-refractivity contribution in [2.45, 2.75) is 6.42 Å². The monoisotopic (exact) mass is 306 g/mol. The molecule has 2 aromatic rings. The van der Waals surface area contributed by atoms with Crippen LogP contribution in [0, 0.1) is 5.92 Å². The van der Waals surface area contributed by atoms with Crippen molar-refractivity contribution in [3.63, 3.8) is 0 Å². The van der Waals surface area contributed by atoms with Gasteiger partial charge in [-0.1, -0.05) is 11.6 Å². The third-order valence-corrected chi connectivity index (χ3v) is 4.02. The van der Waals surface area contributed by atoms with Crippen molar-refractivity contribution in [2.75, 3.05) is 19.6 Å². The fourth-order valence-corrected chi connectivity index (χ4v) is 2.74. The van der Waals surface area contributed by atoms with Crippen LogP contribution in [0.15, 0.2) is 24.5 Å². The molecule has 21 heavy (non-hydrogen) atoms. The molecule has 2 N–H and O–H groups in total. The maximum absolute atomic E-state index is 12.5. The molecule has 0 radical (unpaired) electrons. The second-order valence-corrected chi connectivity index (χ2v) is 5.47. The van der Waals surface area contributed by atoms with Crippen molar-refractivity contribution in [3.8, 4) is 5.69 Å². The Balaban J connectivity index is 1.81. The first-order chi connectivity index (χ1) is 10.2. The Morgan fingerprint density at radius 2 is 2.33 bits per heavy atom. The van der Waals surface area contributed by atoms with Crippen LogP contribution in [0.2, 0.25) is 5.02 Å². The molecule has 7 nitrogen and oxygen atoms in total. The molecule has 1 aromatic heterocycles. The Morgan fingerprint density at radius 3 is 2.95 bits per heavy atom. The minimum absolute atomic E-state index is 0.0563. The van der Waals surface area contributed by atoms with Gasteiger partial charge in [-0.2, -0.15) is 0 Å². The van der Waals surface area contributed by atoms with Crippen LogP contribution in [-0.4, -0.2) is 50.6 Å². The van der Waals surface area contributed by atoms with E-state index >= 15 is 0 Å². The van der Waals surface area contributed by atoms with E-state index in [1.165, 1.54) is 11.0 Å². The van der Waals surface area contributed by atoms with Crippen LogP contribution >= 0.6 is 11.6 Å². The molecule has 8 heteroatoms. The minimum atomic E-state index is -0.0563. The van der Waals surface area contributed by atoms with Crippen molar-refractivity contribution >= 4 is 17.5 Å². The van der Waals surface area contributed by atoms with Crippen LogP contribution in [-0.2, 0) is 0 Å². The molecule has 1 fully saturated rings. The van der Waals surface area contributed by atoms with E-state index in [9.17, 15) is 4.79 Å². The zero-order valence-electron chi connectivity index (χ0n) is 11.3. The van der Waals surface area contributed by atoms with Crippen molar-refractivity contribution in [1.29, 1.82) is 0 Å². The van der Waals surface area contributed by atoms with E-state index in [1.54, 1.807) is 23.1 Å². The van der Waals surface area contributed by atoms with Gasteiger partial charge >= 0.3 is 0 Å². The summed E-state index contributed by atoms with van der Waals surface area (Å²) in [7, 11) is 0. The summed E-state index contributed by atoms with van der Waals surface area (Å²) in [5.74, 6) is 0.326. The Morgan fingerprint density at radius 1 is 1.48 bits per heavy atom. The number of hydrogen-bond acceptors (Lipinski definition) is 5. The third-order valence-electron chi connectivity index (χ3n) is 3.70. The average molecular weight is 307 g/mol. The molecular weight excluding hydrogens is 292 g/mol. The van der Waals surface area contributed by atoms with Crippen molar-refractivity contribution in [2.24, 2.45) is 11.7 Å². The number of halogens is 1. The van der Waals surface area contributed by atoms with Crippen LogP contribution in [0.25, 0.3) is 5.69 Å². The summed E-state index contributed by atoms with van der Waals surface area (Å²) in [6.07, 6.45) is 2.42. The Kier molecular flexibility index (Phi) is 3.85. The molecule has 1 atom stereocenters. The predicted molar refractivity (Wildman–Crippen MR) is 77.2 cm³/mol. The van der Waals surface area contributed by atoms with Gasteiger partial charge in [-0.15, -0.1) is 5.10 Å². The zero-order chi connectivity index (χ0) is 14.8. The highest BCUT2D eigenvalue weighted by Crippen LogP contribution is 2.24. The first-order valence-electron chi connectivity index (χ1n) is 6.71. The van der Waals surface area contributed by atoms with E-state index in [0.29, 0.717) is 35.3 Å². The van der Waals surface area contributed by atoms with Gasteiger partial charge in [-0.25, -0.2) is 4.68 Å². The summed E-state index contributed by atoms with van der Waals surface area (Å²) in [5.41, 5.74) is 6.86. The van der Waals surface area contributed by atoms with Gasteiger partial charge in [0.25, 0.3) is 5.91 Å². The topological polar surface area (TPSA) is 89.9 Å². The first-order valence-corrected chi connectivity index (χ1v) is 7.09. The largest absolute Gasteiger partial charge is 0.338 e. The molecule has 0 aliphatic carbocycles. The van der Waals surface area contributed by atoms with Gasteiger partial charge in [-0.05, 0) is 47.5 Å². The fraction of sp³-hybridized carbons (Fsp3) is 0.385. The summed E-state index contributed by atoms with van der Waals surface area (Å²) in [5, 5.41) is 11.3. The summed E-state index contributed by atoms with van der Waals surface area (Å²) in [6, 6.07) is 5.16. The van der Waals surface area contributed by atoms with Crippen molar-refractivity contribution in [3.05, 3.63) is 35.1 Å². The number of amides is 1. The quantitative estimate of drug-likeness (QED) is 0.903. The first kappa shape index (κ1) is 14.0. The number of carbonyl (C=O) groups is 1. The lowest BCUT2D eigenvalue weighted by Crippen LogP contribution is -2.30. The third kappa shape index (κ3) is 2.74. The normalized spacial score (nSPS) is 18.2. The lowest BCUT2D eigenvalue weighted by atomic mass is 10.1. The fourth-order valence-electron chi connectivity index (χ4n) is 2.48. The van der Waals surface area contributed by atoms with E-state index in [4.69, 9.17) is 17.3 Å². The van der Waals surface area contributed by atoms with Gasteiger partial charge in [0.2, 0.25) is 0 Å². The summed E-state index contributed by atoms with van der Waals surface area (Å²) < 4.78 is 1.49. The summed E-state index contributed by atoms with van der Waals surface area (Å²) in [6.45, 7) is 2.03. The molecule has 1 unspecified atom stereocenters. The number of carbonyl (C=O) groups excluding carboxylic acids is 1. The minimum Gasteiger partial charge on any atom is -0.338 e. The van der Waals surface area contributed by atoms with E-state index < -0.39 is 0 Å². The number of benzene rings is 1. The van der Waals surface area contributed by atoms with E-state index in [2.05, 4.69) is 15.5 Å². The Bertz CT molecular complexity index is 644. The molecule has 0 saturated carbocycles. The molecule has 1 amide bonds. The number of rotatable bonds is 3. The number of likely N-dealkylation sites (tertiary alicyclic amines) is 1. The highest BCUT2D eigenvalue weighted by Gasteiger charge is 2.27. The maximum Gasteiger partial charge on any atom is 0.255 e. The highest BCUT2D eigenvalue weighted by atomic mass is 35.5. The molecule has 1 aromatic carbocycles. The lowest BCUT2D eigenvalue weighted by molar-refractivity contribution is 0.0788. The van der Waals surface area contributed by atoms with Crippen molar-refractivity contribution < 1.29 is 4.79 Å². The molecule has 3 rings (SSSR count). The number of hydrogen-bond donors (Lipinski definition) is 1. The van der Waals surface area contributed by atoms with Crippen LogP contribution in [0.1, 0.15) is 16.8 Å². The summed E-state index contributed by atoms with van der Waals surface area (Å²) >= 11 is 6.24. The van der Waals surface area contributed by atoms with Gasteiger partial charge in [0.1, 0.15) is 6.33 Å². The standard InChI is InChI=1S/C13H15ClN6O/c14-12-5-10(20-8-16-17-18-20)1-2-11(12)13(21)19-4-3-9(6-15)7-19/h1-2,5,8-9H,3-4,6-7,15H2. The van der Waals surface area contributed by atoms with E-state index in [0.717, 1.165) is 13.0 Å². The van der Waals surface area contributed by atoms with Crippen LogP contribution in [0.4, 0.5) is 0 Å². The SMILES string of the molecule is NCC1CCN(C(=O)c2ccc(-n3cnnn3)cc2Cl)C1. The second-order valence-electron chi connectivity index (χ2n) is 5.06. The molecule has 1 aliphatic rings. The molecule has 2 heterocycles. The second kappa shape index (κ2) is 5.79. The molecule has 1 saturated heterocycles. The molecule has 1 aliphatic heterocycles. The number of aromatic nitrogens is 4. The van der Waals surface area contributed by atoms with Gasteiger partial charge in [0.15, 0.2) is 0 Å². The van der Waals surface area contributed by atoms with Gasteiger partial charge in [0.05, 0.1) is 16.3 Å². The van der Waals surface area contributed by atoms with Crippen LogP contribution in [0.5, 0.6) is 0 Å². The molecule has 110 valence electrons. The molecular formula is C13H15ClN6O. The maximum atomic E-state index is 12.5. The van der Waals surface area contributed by atoms with Crippen molar-refractivity contribution in [1.82, 2.24) is 25.1 Å². The smallest absolute Gasteiger partial charge is 0.255 e. The van der Waals surface area contributed by atoms with E-state index in [1.807, 2.05) is 0 Å². The molecule has 0 bridgehead atoms. The Hall–Kier alpha value is -1.99. The van der Waals surface area contributed by atoms with Gasteiger partial charge in [0, 0.05) is 13.1 Å². The van der Waals surface area contributed by atoms with E-state index in [-0.39, 0.29) is 5.91 Å². The Labute approximate surface area is 126 Å². The van der Waals surface area contributed by atoms with Crippen LogP contribution < -0.4 is 5.73 Å². The summed E-state index contributed by atoms with van der Waals surface area (Å²) in [4.78, 5) is 14.3. The number of nitrogens with zero attached hydrogens (tertiary/aromatic N) is 5. The average Bonchev–Trinajstić information content (AvgIpc) is 3.17. The van der Waals surface area contributed by atoms with Crippen LogP contribution in [0.3, 0.4) is 0 Å². The zero-order valence-corrected chi connectivity index (χ0v) is 12.1. The molecule has 0 spiro atoms.